The van der Waals surface area contributed by atoms with Crippen molar-refractivity contribution in [1.29, 1.82) is 5.26 Å². The van der Waals surface area contributed by atoms with Crippen molar-refractivity contribution in [3.8, 4) is 6.07 Å². The minimum Gasteiger partial charge on any atom is -0.337 e. The zero-order valence-corrected chi connectivity index (χ0v) is 10.1. The van der Waals surface area contributed by atoms with Crippen molar-refractivity contribution in [1.82, 2.24) is 4.90 Å². The average Bonchev–Trinajstić information content (AvgIpc) is 2.58. The van der Waals surface area contributed by atoms with Crippen LogP contribution in [-0.2, 0) is 11.3 Å². The predicted octanol–water partition coefficient (Wildman–Crippen LogP) is 1.04. The molecule has 0 aromatic heterocycles. The molecule has 2 N–H and O–H groups in total. The third-order valence-electron chi connectivity index (χ3n) is 2.67. The van der Waals surface area contributed by atoms with Crippen LogP contribution in [0.5, 0.6) is 0 Å². The molecule has 1 amide bonds. The summed E-state index contributed by atoms with van der Waals surface area (Å²) in [6.45, 7) is 1.15. The summed E-state index contributed by atoms with van der Waals surface area (Å²) in [6.07, 6.45) is 0.429. The Hall–Kier alpha value is -1.57. The van der Waals surface area contributed by atoms with Crippen LogP contribution < -0.4 is 5.73 Å². The van der Waals surface area contributed by atoms with Crippen molar-refractivity contribution in [2.75, 3.05) is 6.54 Å². The minimum absolute atomic E-state index is 0. The number of carbonyl (C=O) groups excluding carboxylic acids is 1. The summed E-state index contributed by atoms with van der Waals surface area (Å²) in [7, 11) is 0. The lowest BCUT2D eigenvalue weighted by atomic mass is 10.1. The van der Waals surface area contributed by atoms with Crippen LogP contribution in [-0.4, -0.2) is 23.4 Å². The summed E-state index contributed by atoms with van der Waals surface area (Å²) in [5.41, 5.74) is 7.30. The highest BCUT2D eigenvalue weighted by atomic mass is 35.5. The van der Waals surface area contributed by atoms with E-state index in [2.05, 4.69) is 6.07 Å². The molecule has 0 spiro atoms. The second kappa shape index (κ2) is 5.67. The van der Waals surface area contributed by atoms with Gasteiger partial charge in [-0.2, -0.15) is 5.26 Å². The van der Waals surface area contributed by atoms with Crippen molar-refractivity contribution in [2.45, 2.75) is 19.0 Å². The maximum atomic E-state index is 11.5. The smallest absolute Gasteiger partial charge is 0.224 e. The van der Waals surface area contributed by atoms with Crippen molar-refractivity contribution in [3.63, 3.8) is 0 Å². The van der Waals surface area contributed by atoms with Crippen LogP contribution in [0, 0.1) is 11.3 Å². The summed E-state index contributed by atoms with van der Waals surface area (Å²) in [5.74, 6) is 0.0925. The number of amides is 1. The highest BCUT2D eigenvalue weighted by molar-refractivity contribution is 5.85. The summed E-state index contributed by atoms with van der Waals surface area (Å²) in [4.78, 5) is 13.3. The van der Waals surface area contributed by atoms with E-state index in [0.29, 0.717) is 25.1 Å². The molecule has 1 aliphatic heterocycles. The Morgan fingerprint density at radius 2 is 2.29 bits per heavy atom. The normalized spacial score (nSPS) is 18.7. The van der Waals surface area contributed by atoms with E-state index in [9.17, 15) is 4.79 Å². The number of nitrogens with zero attached hydrogens (tertiary/aromatic N) is 2. The van der Waals surface area contributed by atoms with Gasteiger partial charge in [-0.3, -0.25) is 4.79 Å². The highest BCUT2D eigenvalue weighted by Crippen LogP contribution is 2.14. The molecule has 90 valence electrons. The highest BCUT2D eigenvalue weighted by Gasteiger charge is 2.26. The fourth-order valence-electron chi connectivity index (χ4n) is 1.92. The number of nitrogens with two attached hydrogens (primary N) is 1. The first-order valence-electron chi connectivity index (χ1n) is 5.21. The second-order valence-corrected chi connectivity index (χ2v) is 4.05. The summed E-state index contributed by atoms with van der Waals surface area (Å²) >= 11 is 0. The fourth-order valence-corrected chi connectivity index (χ4v) is 1.92. The molecule has 0 radical (unpaired) electrons. The lowest BCUT2D eigenvalue weighted by Crippen LogP contribution is -2.27. The number of halogens is 1. The van der Waals surface area contributed by atoms with Crippen molar-refractivity contribution in [3.05, 3.63) is 35.4 Å². The number of hydrogen-bond acceptors (Lipinski definition) is 3. The molecule has 0 aliphatic carbocycles. The van der Waals surface area contributed by atoms with E-state index >= 15 is 0 Å². The third-order valence-corrected chi connectivity index (χ3v) is 2.67. The number of likely N-dealkylation sites (tertiary alicyclic amines) is 1. The first-order valence-corrected chi connectivity index (χ1v) is 5.21. The molecule has 5 heteroatoms. The Morgan fingerprint density at radius 1 is 1.53 bits per heavy atom. The van der Waals surface area contributed by atoms with E-state index < -0.39 is 0 Å². The van der Waals surface area contributed by atoms with Crippen LogP contribution in [0.1, 0.15) is 17.5 Å². The maximum Gasteiger partial charge on any atom is 0.224 e. The van der Waals surface area contributed by atoms with Crippen LogP contribution in [0.15, 0.2) is 24.3 Å². The maximum absolute atomic E-state index is 11.5. The van der Waals surface area contributed by atoms with Gasteiger partial charge in [-0.05, 0) is 17.7 Å². The molecule has 0 bridgehead atoms. The summed E-state index contributed by atoms with van der Waals surface area (Å²) < 4.78 is 0. The summed E-state index contributed by atoms with van der Waals surface area (Å²) in [6, 6.07) is 9.33. The van der Waals surface area contributed by atoms with E-state index in [4.69, 9.17) is 11.0 Å². The van der Waals surface area contributed by atoms with Crippen LogP contribution >= 0.6 is 12.4 Å². The zero-order chi connectivity index (χ0) is 11.5. The predicted molar refractivity (Wildman–Crippen MR) is 66.4 cm³/mol. The van der Waals surface area contributed by atoms with Gasteiger partial charge >= 0.3 is 0 Å². The number of benzene rings is 1. The van der Waals surface area contributed by atoms with E-state index in [1.54, 1.807) is 17.0 Å². The van der Waals surface area contributed by atoms with Gasteiger partial charge in [0.05, 0.1) is 11.6 Å². The van der Waals surface area contributed by atoms with Crippen LogP contribution in [0.2, 0.25) is 0 Å². The average molecular weight is 252 g/mol. The van der Waals surface area contributed by atoms with Crippen LogP contribution in [0.25, 0.3) is 0 Å². The van der Waals surface area contributed by atoms with Gasteiger partial charge in [0.25, 0.3) is 0 Å². The quantitative estimate of drug-likeness (QED) is 0.854. The molecule has 1 atom stereocenters. The molecule has 4 nitrogen and oxygen atoms in total. The molecule has 1 fully saturated rings. The summed E-state index contributed by atoms with van der Waals surface area (Å²) in [5, 5.41) is 8.77. The molecular weight excluding hydrogens is 238 g/mol. The first kappa shape index (κ1) is 13.5. The van der Waals surface area contributed by atoms with Gasteiger partial charge in [0.1, 0.15) is 0 Å². The first-order chi connectivity index (χ1) is 7.69. The van der Waals surface area contributed by atoms with Gasteiger partial charge in [-0.15, -0.1) is 12.4 Å². The molecule has 1 aliphatic rings. The molecule has 1 unspecified atom stereocenters. The lowest BCUT2D eigenvalue weighted by molar-refractivity contribution is -0.128. The molecular formula is C12H14ClN3O. The molecule has 1 heterocycles. The standard InChI is InChI=1S/C12H13N3O.ClH/c13-6-9-2-1-3-10(4-9)7-15-8-11(14)5-12(15)16;/h1-4,11H,5,7-8,14H2;1H. The van der Waals surface area contributed by atoms with Gasteiger partial charge in [0, 0.05) is 25.6 Å². The monoisotopic (exact) mass is 251 g/mol. The molecule has 1 saturated heterocycles. The molecule has 1 aromatic rings. The van der Waals surface area contributed by atoms with Gasteiger partial charge < -0.3 is 10.6 Å². The number of hydrogen-bond donors (Lipinski definition) is 1. The number of nitriles is 1. The Bertz CT molecular complexity index is 455. The van der Waals surface area contributed by atoms with E-state index in [-0.39, 0.29) is 24.4 Å². The molecule has 1 aromatic carbocycles. The Labute approximate surface area is 106 Å². The van der Waals surface area contributed by atoms with Crippen LogP contribution in [0.3, 0.4) is 0 Å². The van der Waals surface area contributed by atoms with Gasteiger partial charge in [-0.1, -0.05) is 12.1 Å². The van der Waals surface area contributed by atoms with Crippen molar-refractivity contribution in [2.24, 2.45) is 5.73 Å². The van der Waals surface area contributed by atoms with Crippen molar-refractivity contribution >= 4 is 18.3 Å². The molecule has 2 rings (SSSR count). The Kier molecular flexibility index (Phi) is 4.50. The molecule has 0 saturated carbocycles. The fraction of sp³-hybridized carbons (Fsp3) is 0.333. The van der Waals surface area contributed by atoms with E-state index in [1.165, 1.54) is 0 Å². The molecule has 17 heavy (non-hydrogen) atoms. The van der Waals surface area contributed by atoms with E-state index in [0.717, 1.165) is 5.56 Å². The van der Waals surface area contributed by atoms with Gasteiger partial charge in [-0.25, -0.2) is 0 Å². The largest absolute Gasteiger partial charge is 0.337 e. The van der Waals surface area contributed by atoms with Gasteiger partial charge in [0.2, 0.25) is 5.91 Å². The lowest BCUT2D eigenvalue weighted by Gasteiger charge is -2.15. The zero-order valence-electron chi connectivity index (χ0n) is 9.30. The second-order valence-electron chi connectivity index (χ2n) is 4.05. The number of rotatable bonds is 2. The minimum atomic E-state index is -0.0494. The van der Waals surface area contributed by atoms with Crippen LogP contribution in [0.4, 0.5) is 0 Å². The van der Waals surface area contributed by atoms with E-state index in [1.807, 2.05) is 12.1 Å². The Balaban J connectivity index is 0.00000144. The van der Waals surface area contributed by atoms with Crippen molar-refractivity contribution < 1.29 is 4.79 Å². The topological polar surface area (TPSA) is 70.1 Å². The van der Waals surface area contributed by atoms with Gasteiger partial charge in [0.15, 0.2) is 0 Å². The SMILES string of the molecule is Cl.N#Cc1cccc(CN2CC(N)CC2=O)c1. The third kappa shape index (κ3) is 3.19. The number of carbonyl (C=O) groups is 1. The Morgan fingerprint density at radius 3 is 2.88 bits per heavy atom.